The molecule has 3 aliphatic rings. The van der Waals surface area contributed by atoms with Gasteiger partial charge in [-0.15, -0.1) is 0 Å². The van der Waals surface area contributed by atoms with E-state index in [9.17, 15) is 27.6 Å². The van der Waals surface area contributed by atoms with E-state index >= 15 is 0 Å². The summed E-state index contributed by atoms with van der Waals surface area (Å²) < 4.78 is 51.8. The van der Waals surface area contributed by atoms with E-state index in [0.717, 1.165) is 46.5 Å². The Balaban J connectivity index is 0.000000364. The molecular formula is C21H28BF3N2NaO6. The quantitative estimate of drug-likeness (QED) is 0.531. The van der Waals surface area contributed by atoms with Gasteiger partial charge in [0.15, 0.2) is 0 Å². The molecule has 13 heteroatoms. The Labute approximate surface area is 219 Å². The number of hydrogen-bond acceptors (Lipinski definition) is 8. The Morgan fingerprint density at radius 3 is 1.91 bits per heavy atom. The molecule has 0 saturated carbocycles. The van der Waals surface area contributed by atoms with Gasteiger partial charge < -0.3 is 24.2 Å². The van der Waals surface area contributed by atoms with E-state index in [1.54, 1.807) is 12.1 Å². The molecule has 0 aliphatic carbocycles. The predicted molar refractivity (Wildman–Crippen MR) is 112 cm³/mol. The van der Waals surface area contributed by atoms with Crippen LogP contribution < -0.4 is 34.9 Å². The summed E-state index contributed by atoms with van der Waals surface area (Å²) in [5.41, 5.74) is -0.176. The number of halogens is 3. The Kier molecular flexibility index (Phi) is 12.6. The smallest absolute Gasteiger partial charge is 0.642 e. The second kappa shape index (κ2) is 14.1. The molecule has 1 aromatic carbocycles. The summed E-state index contributed by atoms with van der Waals surface area (Å²) in [4.78, 5) is 33.6. The summed E-state index contributed by atoms with van der Waals surface area (Å²) >= 11 is 0. The molecule has 4 rings (SSSR count). The summed E-state index contributed by atoms with van der Waals surface area (Å²) in [5.74, 6) is -1.52. The maximum Gasteiger partial charge on any atom is 1.00 e. The van der Waals surface area contributed by atoms with Gasteiger partial charge in [-0.1, -0.05) is 18.2 Å². The van der Waals surface area contributed by atoms with Crippen molar-refractivity contribution >= 4 is 25.2 Å². The van der Waals surface area contributed by atoms with Crippen LogP contribution in [0, 0.1) is 5.92 Å². The first-order chi connectivity index (χ1) is 15.5. The van der Waals surface area contributed by atoms with Gasteiger partial charge in [0.1, 0.15) is 0 Å². The molecule has 3 heterocycles. The van der Waals surface area contributed by atoms with Crippen molar-refractivity contribution in [2.45, 2.75) is 52.4 Å². The standard InChI is InChI=1S/C15H19F3N2.C6H9BO6.Na/c16-15(17,18)13-4-2-1-3-12(13)9-19-14-10-20-7-5-11(14)6-8-20;1-4(8)11-7(12-5(2)9)13-6(3)10;/h1-4,11,14,19H,5-10H2;1-3H3;/q;-1;+1/t14-;;/m1../s1. The van der Waals surface area contributed by atoms with Gasteiger partial charge in [0.05, 0.1) is 5.56 Å². The van der Waals surface area contributed by atoms with Crippen LogP contribution in [-0.2, 0) is 41.1 Å². The van der Waals surface area contributed by atoms with Gasteiger partial charge in [-0.05, 0) is 43.5 Å². The molecule has 3 fully saturated rings. The molecule has 1 aromatic rings. The first kappa shape index (κ1) is 30.4. The van der Waals surface area contributed by atoms with E-state index in [-0.39, 0.29) is 29.6 Å². The average Bonchev–Trinajstić information content (AvgIpc) is 2.72. The minimum Gasteiger partial charge on any atom is -0.642 e. The molecule has 0 unspecified atom stereocenters. The van der Waals surface area contributed by atoms with Crippen LogP contribution in [0.4, 0.5) is 13.2 Å². The van der Waals surface area contributed by atoms with Crippen LogP contribution in [0.1, 0.15) is 44.7 Å². The van der Waals surface area contributed by atoms with Crippen molar-refractivity contribution in [3.05, 3.63) is 35.4 Å². The second-order valence-corrected chi connectivity index (χ2v) is 7.90. The molecule has 1 radical (unpaired) electrons. The van der Waals surface area contributed by atoms with E-state index in [1.807, 2.05) is 0 Å². The SMILES string of the molecule is CC(=O)O[B-](OC(C)=O)OC(C)=O.FC(F)(F)c1ccccc1CN[C@@H]1CN2CCC1CC2.[Na+]. The minimum absolute atomic E-state index is 0. The van der Waals surface area contributed by atoms with Gasteiger partial charge in [0.2, 0.25) is 0 Å². The van der Waals surface area contributed by atoms with Crippen LogP contribution in [0.5, 0.6) is 0 Å². The number of nitrogens with zero attached hydrogens (tertiary/aromatic N) is 1. The molecule has 1 N–H and O–H groups in total. The summed E-state index contributed by atoms with van der Waals surface area (Å²) in [6.07, 6.45) is -1.94. The van der Waals surface area contributed by atoms with Crippen molar-refractivity contribution < 1.29 is 71.1 Å². The van der Waals surface area contributed by atoms with Gasteiger partial charge >= 0.3 is 43.1 Å². The normalized spacial score (nSPS) is 21.0. The Morgan fingerprint density at radius 1 is 1.00 bits per heavy atom. The summed E-state index contributed by atoms with van der Waals surface area (Å²) in [6.45, 7) is 6.84. The number of carbonyl (C=O) groups is 3. The predicted octanol–water partition coefficient (Wildman–Crippen LogP) is -0.446. The van der Waals surface area contributed by atoms with E-state index in [4.69, 9.17) is 0 Å². The van der Waals surface area contributed by atoms with Crippen molar-refractivity contribution in [3.8, 4) is 0 Å². The number of rotatable bonds is 6. The van der Waals surface area contributed by atoms with E-state index in [1.165, 1.54) is 18.9 Å². The van der Waals surface area contributed by atoms with E-state index in [2.05, 4.69) is 24.2 Å². The van der Waals surface area contributed by atoms with Gasteiger partial charge in [-0.2, -0.15) is 13.2 Å². The maximum atomic E-state index is 12.9. The summed E-state index contributed by atoms with van der Waals surface area (Å²) in [6, 6.07) is 6.17. The third-order valence-corrected chi connectivity index (χ3v) is 5.32. The number of benzene rings is 1. The van der Waals surface area contributed by atoms with Crippen LogP contribution in [0.15, 0.2) is 24.3 Å². The van der Waals surface area contributed by atoms with Gasteiger partial charge in [-0.3, -0.25) is 14.4 Å². The number of hydrogen-bond donors (Lipinski definition) is 1. The minimum atomic E-state index is -4.27. The van der Waals surface area contributed by atoms with E-state index in [0.29, 0.717) is 24.1 Å². The fourth-order valence-corrected chi connectivity index (χ4v) is 3.87. The fourth-order valence-electron chi connectivity index (χ4n) is 3.87. The van der Waals surface area contributed by atoms with Crippen LogP contribution >= 0.6 is 0 Å². The van der Waals surface area contributed by atoms with Gasteiger partial charge in [-0.25, -0.2) is 0 Å². The van der Waals surface area contributed by atoms with Crippen LogP contribution in [0.25, 0.3) is 0 Å². The molecule has 0 amide bonds. The monoisotopic (exact) mass is 495 g/mol. The molecular weight excluding hydrogens is 467 g/mol. The molecule has 183 valence electrons. The number of alkyl halides is 3. The fraction of sp³-hybridized carbons (Fsp3) is 0.571. The Morgan fingerprint density at radius 2 is 1.50 bits per heavy atom. The van der Waals surface area contributed by atoms with Gasteiger partial charge in [0.25, 0.3) is 17.9 Å². The Bertz CT molecular complexity index is 799. The summed E-state index contributed by atoms with van der Waals surface area (Å²) in [5, 5.41) is 3.34. The van der Waals surface area contributed by atoms with E-state index < -0.39 is 37.0 Å². The number of nitrogens with one attached hydrogen (secondary N) is 1. The molecule has 34 heavy (non-hydrogen) atoms. The van der Waals surface area contributed by atoms with Crippen molar-refractivity contribution in [2.24, 2.45) is 5.92 Å². The number of piperidine rings is 3. The van der Waals surface area contributed by atoms with Crippen LogP contribution in [-0.4, -0.2) is 55.8 Å². The first-order valence-electron chi connectivity index (χ1n) is 10.6. The molecule has 3 saturated heterocycles. The van der Waals surface area contributed by atoms with Crippen molar-refractivity contribution in [2.75, 3.05) is 19.6 Å². The second-order valence-electron chi connectivity index (χ2n) is 7.90. The average molecular weight is 495 g/mol. The summed E-state index contributed by atoms with van der Waals surface area (Å²) in [7, 11) is -1.59. The largest absolute Gasteiger partial charge is 1.00 e. The molecule has 0 spiro atoms. The molecule has 1 atom stereocenters. The van der Waals surface area contributed by atoms with Crippen LogP contribution in [0.2, 0.25) is 0 Å². The molecule has 3 aliphatic heterocycles. The first-order valence-corrected chi connectivity index (χ1v) is 10.6. The van der Waals surface area contributed by atoms with Crippen molar-refractivity contribution in [1.82, 2.24) is 10.2 Å². The topological polar surface area (TPSA) is 94.2 Å². The van der Waals surface area contributed by atoms with Gasteiger partial charge in [0, 0.05) is 39.9 Å². The zero-order valence-corrected chi connectivity index (χ0v) is 21.8. The third-order valence-electron chi connectivity index (χ3n) is 5.32. The molecule has 0 aromatic heterocycles. The zero-order chi connectivity index (χ0) is 24.6. The third kappa shape index (κ3) is 10.3. The number of fused-ring (bicyclic) bond motifs is 3. The van der Waals surface area contributed by atoms with Crippen LogP contribution in [0.3, 0.4) is 0 Å². The van der Waals surface area contributed by atoms with Crippen molar-refractivity contribution in [1.29, 1.82) is 0 Å². The number of carbonyl (C=O) groups excluding carboxylic acids is 3. The molecule has 8 nitrogen and oxygen atoms in total. The van der Waals surface area contributed by atoms with Crippen molar-refractivity contribution in [3.63, 3.8) is 0 Å². The maximum absolute atomic E-state index is 12.9. The molecule has 2 bridgehead atoms. The Hall–Kier alpha value is -1.60. The zero-order valence-electron chi connectivity index (χ0n) is 19.8.